The molecule has 2 aliphatic heterocycles. The predicted octanol–water partition coefficient (Wildman–Crippen LogP) is 2.33. The maximum absolute atomic E-state index is 13.2. The molecule has 1 saturated carbocycles. The van der Waals surface area contributed by atoms with Gasteiger partial charge in [0.1, 0.15) is 5.82 Å². The molecule has 2 saturated heterocycles. The Labute approximate surface area is 144 Å². The van der Waals surface area contributed by atoms with Crippen LogP contribution in [0, 0.1) is 11.8 Å². The van der Waals surface area contributed by atoms with Gasteiger partial charge in [-0.2, -0.15) is 0 Å². The standard InChI is InChI=1S/C19H27N3O2/c23-19(22(17-6-7-17)12-15-8-11-24-14-15)16-4-3-10-21(13-16)18-5-1-2-9-20-18/h1-2,5,9,15-17H,3-4,6-8,10-14H2/t15-,16+/m1/s1. The van der Waals surface area contributed by atoms with Crippen LogP contribution in [0.5, 0.6) is 0 Å². The van der Waals surface area contributed by atoms with E-state index < -0.39 is 0 Å². The van der Waals surface area contributed by atoms with Crippen LogP contribution in [0.25, 0.3) is 0 Å². The summed E-state index contributed by atoms with van der Waals surface area (Å²) in [6, 6.07) is 6.49. The van der Waals surface area contributed by atoms with E-state index in [1.807, 2.05) is 24.4 Å². The number of rotatable bonds is 5. The summed E-state index contributed by atoms with van der Waals surface area (Å²) < 4.78 is 5.50. The highest BCUT2D eigenvalue weighted by atomic mass is 16.5. The molecule has 5 nitrogen and oxygen atoms in total. The largest absolute Gasteiger partial charge is 0.381 e. The molecule has 1 amide bonds. The molecule has 24 heavy (non-hydrogen) atoms. The maximum atomic E-state index is 13.2. The minimum absolute atomic E-state index is 0.115. The number of anilines is 1. The Hall–Kier alpha value is -1.62. The number of piperidine rings is 1. The fraction of sp³-hybridized carbons (Fsp3) is 0.684. The van der Waals surface area contributed by atoms with Crippen LogP contribution in [-0.4, -0.2) is 54.7 Å². The third kappa shape index (κ3) is 3.56. The van der Waals surface area contributed by atoms with Gasteiger partial charge in [-0.05, 0) is 44.2 Å². The Kier molecular flexibility index (Phi) is 4.69. The molecule has 130 valence electrons. The molecule has 4 rings (SSSR count). The van der Waals surface area contributed by atoms with Crippen molar-refractivity contribution in [3.63, 3.8) is 0 Å². The zero-order valence-electron chi connectivity index (χ0n) is 14.3. The van der Waals surface area contributed by atoms with E-state index in [0.717, 1.165) is 57.9 Å². The van der Waals surface area contributed by atoms with Crippen molar-refractivity contribution < 1.29 is 9.53 Å². The summed E-state index contributed by atoms with van der Waals surface area (Å²) in [5, 5.41) is 0. The Morgan fingerprint density at radius 1 is 1.29 bits per heavy atom. The second-order valence-electron chi connectivity index (χ2n) is 7.42. The minimum Gasteiger partial charge on any atom is -0.381 e. The van der Waals surface area contributed by atoms with Crippen LogP contribution >= 0.6 is 0 Å². The van der Waals surface area contributed by atoms with Gasteiger partial charge in [0.15, 0.2) is 0 Å². The first-order valence-corrected chi connectivity index (χ1v) is 9.35. The van der Waals surface area contributed by atoms with Crippen molar-refractivity contribution in [2.75, 3.05) is 37.7 Å². The molecular weight excluding hydrogens is 302 g/mol. The number of aromatic nitrogens is 1. The van der Waals surface area contributed by atoms with Crippen LogP contribution in [0.3, 0.4) is 0 Å². The summed E-state index contributed by atoms with van der Waals surface area (Å²) in [6.45, 7) is 4.37. The molecule has 1 aromatic heterocycles. The third-order valence-corrected chi connectivity index (χ3v) is 5.49. The van der Waals surface area contributed by atoms with Crippen LogP contribution in [0.15, 0.2) is 24.4 Å². The normalized spacial score (nSPS) is 27.2. The molecular formula is C19H27N3O2. The van der Waals surface area contributed by atoms with Crippen molar-refractivity contribution in [3.8, 4) is 0 Å². The lowest BCUT2D eigenvalue weighted by Gasteiger charge is -2.36. The number of ether oxygens (including phenoxy) is 1. The van der Waals surface area contributed by atoms with E-state index in [1.54, 1.807) is 0 Å². The molecule has 1 aliphatic carbocycles. The molecule has 2 atom stereocenters. The van der Waals surface area contributed by atoms with Gasteiger partial charge in [0.25, 0.3) is 0 Å². The highest BCUT2D eigenvalue weighted by Gasteiger charge is 2.38. The molecule has 5 heteroatoms. The number of amides is 1. The maximum Gasteiger partial charge on any atom is 0.227 e. The molecule has 0 unspecified atom stereocenters. The SMILES string of the molecule is O=C([C@H]1CCCN(c2ccccn2)C1)N(C[C@H]1CCOC1)C1CC1. The highest BCUT2D eigenvalue weighted by Crippen LogP contribution is 2.32. The van der Waals surface area contributed by atoms with Gasteiger partial charge in [0.05, 0.1) is 12.5 Å². The van der Waals surface area contributed by atoms with E-state index in [9.17, 15) is 4.79 Å². The van der Waals surface area contributed by atoms with Crippen LogP contribution in [-0.2, 0) is 9.53 Å². The van der Waals surface area contributed by atoms with Crippen molar-refractivity contribution >= 4 is 11.7 Å². The fourth-order valence-electron chi connectivity index (χ4n) is 3.97. The molecule has 0 radical (unpaired) electrons. The van der Waals surface area contributed by atoms with Crippen molar-refractivity contribution in [2.45, 2.75) is 38.1 Å². The Morgan fingerprint density at radius 3 is 2.92 bits per heavy atom. The summed E-state index contributed by atoms with van der Waals surface area (Å²) in [7, 11) is 0. The van der Waals surface area contributed by atoms with Gasteiger partial charge in [0, 0.05) is 44.4 Å². The molecule has 0 N–H and O–H groups in total. The summed E-state index contributed by atoms with van der Waals surface area (Å²) >= 11 is 0. The fourth-order valence-corrected chi connectivity index (χ4v) is 3.97. The summed E-state index contributed by atoms with van der Waals surface area (Å²) in [6.07, 6.45) is 7.36. The number of hydrogen-bond acceptors (Lipinski definition) is 4. The first-order valence-electron chi connectivity index (χ1n) is 9.35. The van der Waals surface area contributed by atoms with Crippen LogP contribution in [0.4, 0.5) is 5.82 Å². The monoisotopic (exact) mass is 329 g/mol. The third-order valence-electron chi connectivity index (χ3n) is 5.49. The number of hydrogen-bond donors (Lipinski definition) is 0. The molecule has 1 aromatic rings. The lowest BCUT2D eigenvalue weighted by molar-refractivity contribution is -0.137. The first-order chi connectivity index (χ1) is 11.8. The number of nitrogens with zero attached hydrogens (tertiary/aromatic N) is 3. The summed E-state index contributed by atoms with van der Waals surface area (Å²) in [5.74, 6) is 2.01. The van der Waals surface area contributed by atoms with Gasteiger partial charge >= 0.3 is 0 Å². The molecule has 0 spiro atoms. The number of carbonyl (C=O) groups is 1. The Bertz CT molecular complexity index is 555. The first kappa shape index (κ1) is 15.9. The topological polar surface area (TPSA) is 45.7 Å². The lowest BCUT2D eigenvalue weighted by atomic mass is 9.95. The van der Waals surface area contributed by atoms with Gasteiger partial charge in [0.2, 0.25) is 5.91 Å². The zero-order chi connectivity index (χ0) is 16.4. The van der Waals surface area contributed by atoms with E-state index in [0.29, 0.717) is 17.9 Å². The van der Waals surface area contributed by atoms with Crippen LogP contribution < -0.4 is 4.90 Å². The van der Waals surface area contributed by atoms with Gasteiger partial charge in [-0.15, -0.1) is 0 Å². The predicted molar refractivity (Wildman–Crippen MR) is 92.8 cm³/mol. The summed E-state index contributed by atoms with van der Waals surface area (Å²) in [4.78, 5) is 22.1. The second kappa shape index (κ2) is 7.09. The van der Waals surface area contributed by atoms with Gasteiger partial charge in [-0.1, -0.05) is 6.07 Å². The van der Waals surface area contributed by atoms with E-state index in [-0.39, 0.29) is 5.92 Å². The van der Waals surface area contributed by atoms with Crippen molar-refractivity contribution in [3.05, 3.63) is 24.4 Å². The van der Waals surface area contributed by atoms with Gasteiger partial charge in [-0.3, -0.25) is 4.79 Å². The lowest BCUT2D eigenvalue weighted by Crippen LogP contribution is -2.47. The average Bonchev–Trinajstić information content (AvgIpc) is 3.36. The summed E-state index contributed by atoms with van der Waals surface area (Å²) in [5.41, 5.74) is 0. The Morgan fingerprint density at radius 2 is 2.21 bits per heavy atom. The van der Waals surface area contributed by atoms with E-state index in [4.69, 9.17) is 4.74 Å². The van der Waals surface area contributed by atoms with Crippen molar-refractivity contribution in [1.29, 1.82) is 0 Å². The molecule has 3 fully saturated rings. The number of carbonyl (C=O) groups excluding carboxylic acids is 1. The van der Waals surface area contributed by atoms with E-state index >= 15 is 0 Å². The molecule has 0 bridgehead atoms. The van der Waals surface area contributed by atoms with Gasteiger partial charge in [-0.25, -0.2) is 4.98 Å². The van der Waals surface area contributed by atoms with Crippen LogP contribution in [0.1, 0.15) is 32.1 Å². The van der Waals surface area contributed by atoms with E-state index in [1.165, 1.54) is 12.8 Å². The van der Waals surface area contributed by atoms with Crippen molar-refractivity contribution in [1.82, 2.24) is 9.88 Å². The van der Waals surface area contributed by atoms with E-state index in [2.05, 4.69) is 14.8 Å². The molecule has 3 heterocycles. The highest BCUT2D eigenvalue weighted by molar-refractivity contribution is 5.80. The van der Waals surface area contributed by atoms with Crippen molar-refractivity contribution in [2.24, 2.45) is 11.8 Å². The molecule has 0 aromatic carbocycles. The number of pyridine rings is 1. The quantitative estimate of drug-likeness (QED) is 0.832. The average molecular weight is 329 g/mol. The Balaban J connectivity index is 1.42. The molecule has 3 aliphatic rings. The van der Waals surface area contributed by atoms with Crippen LogP contribution in [0.2, 0.25) is 0 Å². The smallest absolute Gasteiger partial charge is 0.227 e. The zero-order valence-corrected chi connectivity index (χ0v) is 14.3. The minimum atomic E-state index is 0.115. The van der Waals surface area contributed by atoms with Gasteiger partial charge < -0.3 is 14.5 Å². The second-order valence-corrected chi connectivity index (χ2v) is 7.42.